The molecule has 0 bridgehead atoms. The topological polar surface area (TPSA) is 45.5 Å². The lowest BCUT2D eigenvalue weighted by atomic mass is 10.1. The van der Waals surface area contributed by atoms with Crippen LogP contribution in [0.15, 0.2) is 53.5 Å². The van der Waals surface area contributed by atoms with Crippen LogP contribution in [0, 0.1) is 5.92 Å². The molecule has 5 nitrogen and oxygen atoms in total. The summed E-state index contributed by atoms with van der Waals surface area (Å²) in [5.41, 5.74) is 1.32. The lowest BCUT2D eigenvalue weighted by Crippen LogP contribution is -2.37. The maximum Gasteiger partial charge on any atom is 0.263 e. The number of nitrogens with zero attached hydrogens (tertiary/aromatic N) is 3. The first-order chi connectivity index (χ1) is 12.0. The summed E-state index contributed by atoms with van der Waals surface area (Å²) < 4.78 is 1.44. The normalized spacial score (nSPS) is 17.6. The molecule has 0 saturated carbocycles. The predicted molar refractivity (Wildman–Crippen MR) is 98.5 cm³/mol. The number of carbonyl (C=O) groups is 1. The summed E-state index contributed by atoms with van der Waals surface area (Å²) in [6.45, 7) is 3.67. The monoisotopic (exact) mass is 339 g/mol. The molecule has 5 heteroatoms. The number of pyridine rings is 1. The SMILES string of the molecule is CN(CC1CCN(Cc2ccccc2)C1)C(=O)c1cccn(C)c1=O. The maximum absolute atomic E-state index is 12.6. The summed E-state index contributed by atoms with van der Waals surface area (Å²) in [7, 11) is 3.45. The van der Waals surface area contributed by atoms with Gasteiger partial charge in [0.05, 0.1) is 0 Å². The van der Waals surface area contributed by atoms with Gasteiger partial charge in [-0.3, -0.25) is 14.5 Å². The predicted octanol–water partition coefficient (Wildman–Crippen LogP) is 1.98. The Morgan fingerprint density at radius 2 is 1.96 bits per heavy atom. The Kier molecular flexibility index (Phi) is 5.34. The van der Waals surface area contributed by atoms with E-state index < -0.39 is 0 Å². The van der Waals surface area contributed by atoms with Crippen molar-refractivity contribution in [3.63, 3.8) is 0 Å². The third-order valence-corrected chi connectivity index (χ3v) is 4.85. The van der Waals surface area contributed by atoms with Gasteiger partial charge in [-0.25, -0.2) is 0 Å². The highest BCUT2D eigenvalue weighted by Gasteiger charge is 2.26. The van der Waals surface area contributed by atoms with Gasteiger partial charge < -0.3 is 9.47 Å². The Balaban J connectivity index is 1.57. The first-order valence-corrected chi connectivity index (χ1v) is 8.72. The van der Waals surface area contributed by atoms with Crippen molar-refractivity contribution in [3.05, 3.63) is 70.1 Å². The third kappa shape index (κ3) is 4.17. The molecule has 1 saturated heterocycles. The summed E-state index contributed by atoms with van der Waals surface area (Å²) in [5.74, 6) is 0.257. The number of aromatic nitrogens is 1. The molecular formula is C20H25N3O2. The highest BCUT2D eigenvalue weighted by atomic mass is 16.2. The molecule has 1 atom stereocenters. The lowest BCUT2D eigenvalue weighted by molar-refractivity contribution is 0.0771. The summed E-state index contributed by atoms with van der Waals surface area (Å²) in [6.07, 6.45) is 2.74. The van der Waals surface area contributed by atoms with E-state index in [1.54, 1.807) is 37.3 Å². The van der Waals surface area contributed by atoms with Crippen LogP contribution in [-0.4, -0.2) is 47.0 Å². The van der Waals surface area contributed by atoms with Crippen molar-refractivity contribution in [3.8, 4) is 0 Å². The van der Waals surface area contributed by atoms with E-state index in [0.717, 1.165) is 26.1 Å². The standard InChI is InChI=1S/C20H25N3O2/c1-21-11-6-9-18(19(21)24)20(25)22(2)13-17-10-12-23(15-17)14-16-7-4-3-5-8-16/h3-9,11,17H,10,12-15H2,1-2H3. The van der Waals surface area contributed by atoms with Crippen molar-refractivity contribution >= 4 is 5.91 Å². The van der Waals surface area contributed by atoms with Crippen LogP contribution in [0.1, 0.15) is 22.3 Å². The van der Waals surface area contributed by atoms with Crippen molar-refractivity contribution in [1.29, 1.82) is 0 Å². The largest absolute Gasteiger partial charge is 0.341 e. The zero-order valence-electron chi connectivity index (χ0n) is 14.9. The summed E-state index contributed by atoms with van der Waals surface area (Å²) in [6, 6.07) is 13.8. The second kappa shape index (κ2) is 7.66. The number of rotatable bonds is 5. The highest BCUT2D eigenvalue weighted by Crippen LogP contribution is 2.19. The Morgan fingerprint density at radius 1 is 1.20 bits per heavy atom. The number of aryl methyl sites for hydroxylation is 1. The number of likely N-dealkylation sites (tertiary alicyclic amines) is 1. The minimum absolute atomic E-state index is 0.192. The molecule has 3 rings (SSSR count). The zero-order chi connectivity index (χ0) is 17.8. The fraction of sp³-hybridized carbons (Fsp3) is 0.400. The molecule has 1 aromatic heterocycles. The van der Waals surface area contributed by atoms with E-state index >= 15 is 0 Å². The van der Waals surface area contributed by atoms with Crippen LogP contribution in [0.2, 0.25) is 0 Å². The van der Waals surface area contributed by atoms with E-state index in [4.69, 9.17) is 0 Å². The van der Waals surface area contributed by atoms with E-state index in [-0.39, 0.29) is 17.0 Å². The van der Waals surface area contributed by atoms with Gasteiger partial charge in [0.2, 0.25) is 0 Å². The number of hydrogen-bond donors (Lipinski definition) is 0. The van der Waals surface area contributed by atoms with Gasteiger partial charge in [-0.1, -0.05) is 30.3 Å². The number of carbonyl (C=O) groups excluding carboxylic acids is 1. The lowest BCUT2D eigenvalue weighted by Gasteiger charge is -2.22. The maximum atomic E-state index is 12.6. The summed E-state index contributed by atoms with van der Waals surface area (Å²) >= 11 is 0. The molecule has 1 aromatic carbocycles. The zero-order valence-corrected chi connectivity index (χ0v) is 14.9. The molecule has 1 fully saturated rings. The molecule has 2 heterocycles. The highest BCUT2D eigenvalue weighted by molar-refractivity contribution is 5.93. The van der Waals surface area contributed by atoms with Crippen molar-refractivity contribution in [2.45, 2.75) is 13.0 Å². The molecule has 1 aliphatic rings. The second-order valence-electron chi connectivity index (χ2n) is 6.90. The van der Waals surface area contributed by atoms with Gasteiger partial charge in [-0.2, -0.15) is 0 Å². The Bertz CT molecular complexity index is 785. The summed E-state index contributed by atoms with van der Waals surface area (Å²) in [5, 5.41) is 0. The minimum Gasteiger partial charge on any atom is -0.341 e. The van der Waals surface area contributed by atoms with Crippen molar-refractivity contribution in [1.82, 2.24) is 14.4 Å². The Hall–Kier alpha value is -2.40. The van der Waals surface area contributed by atoms with E-state index in [2.05, 4.69) is 29.2 Å². The van der Waals surface area contributed by atoms with E-state index in [9.17, 15) is 9.59 Å². The molecule has 132 valence electrons. The molecule has 0 N–H and O–H groups in total. The minimum atomic E-state index is -0.239. The van der Waals surface area contributed by atoms with E-state index in [0.29, 0.717) is 12.5 Å². The van der Waals surface area contributed by atoms with Gasteiger partial charge in [0.1, 0.15) is 5.56 Å². The van der Waals surface area contributed by atoms with Crippen LogP contribution < -0.4 is 5.56 Å². The molecule has 0 radical (unpaired) electrons. The number of hydrogen-bond acceptors (Lipinski definition) is 3. The third-order valence-electron chi connectivity index (χ3n) is 4.85. The first-order valence-electron chi connectivity index (χ1n) is 8.72. The molecule has 25 heavy (non-hydrogen) atoms. The van der Waals surface area contributed by atoms with Crippen molar-refractivity contribution < 1.29 is 4.79 Å². The van der Waals surface area contributed by atoms with Gasteiger partial charge in [-0.15, -0.1) is 0 Å². The fourth-order valence-corrected chi connectivity index (χ4v) is 3.48. The molecular weight excluding hydrogens is 314 g/mol. The number of amides is 1. The average Bonchev–Trinajstić information content (AvgIpc) is 3.04. The smallest absolute Gasteiger partial charge is 0.263 e. The van der Waals surface area contributed by atoms with E-state index in [1.807, 2.05) is 6.07 Å². The molecule has 1 aliphatic heterocycles. The average molecular weight is 339 g/mol. The van der Waals surface area contributed by atoms with Crippen LogP contribution in [0.25, 0.3) is 0 Å². The Labute approximate surface area is 148 Å². The Morgan fingerprint density at radius 3 is 2.72 bits per heavy atom. The van der Waals surface area contributed by atoms with Gasteiger partial charge in [0.15, 0.2) is 0 Å². The fourth-order valence-electron chi connectivity index (χ4n) is 3.48. The van der Waals surface area contributed by atoms with Crippen LogP contribution in [-0.2, 0) is 13.6 Å². The molecule has 1 amide bonds. The molecule has 2 aromatic rings. The van der Waals surface area contributed by atoms with Crippen LogP contribution in [0.3, 0.4) is 0 Å². The molecule has 0 spiro atoms. The first kappa shape index (κ1) is 17.4. The van der Waals surface area contributed by atoms with Crippen LogP contribution >= 0.6 is 0 Å². The van der Waals surface area contributed by atoms with E-state index in [1.165, 1.54) is 10.1 Å². The quantitative estimate of drug-likeness (QED) is 0.837. The van der Waals surface area contributed by atoms with Crippen LogP contribution in [0.5, 0.6) is 0 Å². The van der Waals surface area contributed by atoms with Gasteiger partial charge in [0.25, 0.3) is 11.5 Å². The van der Waals surface area contributed by atoms with Crippen molar-refractivity contribution in [2.24, 2.45) is 13.0 Å². The van der Waals surface area contributed by atoms with Gasteiger partial charge in [-0.05, 0) is 36.6 Å². The van der Waals surface area contributed by atoms with Gasteiger partial charge >= 0.3 is 0 Å². The molecule has 1 unspecified atom stereocenters. The van der Waals surface area contributed by atoms with Crippen LogP contribution in [0.4, 0.5) is 0 Å². The van der Waals surface area contributed by atoms with Gasteiger partial charge in [0, 0.05) is 39.9 Å². The van der Waals surface area contributed by atoms with Crippen molar-refractivity contribution in [2.75, 3.05) is 26.7 Å². The summed E-state index contributed by atoms with van der Waals surface area (Å²) in [4.78, 5) is 28.8. The molecule has 0 aliphatic carbocycles. The second-order valence-corrected chi connectivity index (χ2v) is 6.90. The number of benzene rings is 1.